The molecule has 0 unspecified atom stereocenters. The Balaban J connectivity index is 1.94. The molecular weight excluding hydrogens is 257 g/mol. The van der Waals surface area contributed by atoms with E-state index in [0.717, 1.165) is 16.6 Å². The van der Waals surface area contributed by atoms with Crippen LogP contribution in [0, 0.1) is 5.82 Å². The summed E-state index contributed by atoms with van der Waals surface area (Å²) in [6.45, 7) is 1.35. The number of anilines is 2. The number of carbonyl (C=O) groups excluding carboxylic acids is 1. The highest BCUT2D eigenvalue weighted by molar-refractivity contribution is 5.95. The van der Waals surface area contributed by atoms with E-state index in [4.69, 9.17) is 0 Å². The summed E-state index contributed by atoms with van der Waals surface area (Å²) >= 11 is 0. The third kappa shape index (κ3) is 2.25. The number of rotatable bonds is 3. The SMILES string of the molecule is CC(=O)c1cc(Nc2ccc3cn[nH]c3c2)ccc1F. The van der Waals surface area contributed by atoms with E-state index in [1.54, 1.807) is 12.3 Å². The molecule has 3 aromatic rings. The van der Waals surface area contributed by atoms with Gasteiger partial charge in [0.1, 0.15) is 5.82 Å². The van der Waals surface area contributed by atoms with Crippen LogP contribution in [0.4, 0.5) is 15.8 Å². The molecule has 100 valence electrons. The fourth-order valence-electron chi connectivity index (χ4n) is 2.05. The van der Waals surface area contributed by atoms with Gasteiger partial charge in [0.05, 0.1) is 17.3 Å². The highest BCUT2D eigenvalue weighted by Crippen LogP contribution is 2.22. The quantitative estimate of drug-likeness (QED) is 0.713. The van der Waals surface area contributed by atoms with Crippen molar-refractivity contribution in [3.8, 4) is 0 Å². The molecule has 0 saturated heterocycles. The van der Waals surface area contributed by atoms with Gasteiger partial charge in [0.15, 0.2) is 5.78 Å². The van der Waals surface area contributed by atoms with Gasteiger partial charge in [0.2, 0.25) is 0 Å². The van der Waals surface area contributed by atoms with Gasteiger partial charge in [0, 0.05) is 16.8 Å². The molecule has 0 spiro atoms. The Morgan fingerprint density at radius 1 is 1.20 bits per heavy atom. The largest absolute Gasteiger partial charge is 0.355 e. The van der Waals surface area contributed by atoms with E-state index in [1.807, 2.05) is 18.2 Å². The molecule has 0 saturated carbocycles. The minimum atomic E-state index is -0.507. The lowest BCUT2D eigenvalue weighted by atomic mass is 10.1. The van der Waals surface area contributed by atoms with Crippen LogP contribution in [0.2, 0.25) is 0 Å². The maximum Gasteiger partial charge on any atom is 0.162 e. The van der Waals surface area contributed by atoms with Gasteiger partial charge in [-0.2, -0.15) is 5.10 Å². The zero-order valence-electron chi connectivity index (χ0n) is 10.8. The van der Waals surface area contributed by atoms with Crippen LogP contribution in [0.5, 0.6) is 0 Å². The number of nitrogens with one attached hydrogen (secondary N) is 2. The first-order valence-electron chi connectivity index (χ1n) is 6.14. The number of hydrogen-bond acceptors (Lipinski definition) is 3. The third-order valence-corrected chi connectivity index (χ3v) is 3.08. The molecule has 0 aliphatic rings. The average molecular weight is 269 g/mol. The Hall–Kier alpha value is -2.69. The van der Waals surface area contributed by atoms with Gasteiger partial charge in [-0.15, -0.1) is 0 Å². The zero-order chi connectivity index (χ0) is 14.1. The highest BCUT2D eigenvalue weighted by atomic mass is 19.1. The Morgan fingerprint density at radius 2 is 1.95 bits per heavy atom. The Morgan fingerprint density at radius 3 is 2.75 bits per heavy atom. The monoisotopic (exact) mass is 269 g/mol. The first kappa shape index (κ1) is 12.3. The maximum absolute atomic E-state index is 13.5. The lowest BCUT2D eigenvalue weighted by Gasteiger charge is -2.08. The minimum absolute atomic E-state index is 0.0811. The number of aromatic amines is 1. The van der Waals surface area contributed by atoms with Gasteiger partial charge in [-0.25, -0.2) is 4.39 Å². The number of halogens is 1. The molecule has 0 aliphatic heterocycles. The standard InChI is InChI=1S/C15H12FN3O/c1-9(20)13-6-11(4-5-14(13)16)18-12-3-2-10-8-17-19-15(10)7-12/h2-8,18H,1H3,(H,17,19). The molecule has 20 heavy (non-hydrogen) atoms. The second kappa shape index (κ2) is 4.77. The summed E-state index contributed by atoms with van der Waals surface area (Å²) in [5, 5.41) is 11.0. The molecule has 1 aromatic heterocycles. The first-order valence-corrected chi connectivity index (χ1v) is 6.14. The molecule has 0 radical (unpaired) electrons. The number of ketones is 1. The lowest BCUT2D eigenvalue weighted by molar-refractivity contribution is 0.101. The molecule has 3 rings (SSSR count). The van der Waals surface area contributed by atoms with Crippen LogP contribution >= 0.6 is 0 Å². The van der Waals surface area contributed by atoms with Crippen molar-refractivity contribution in [1.82, 2.24) is 10.2 Å². The van der Waals surface area contributed by atoms with Gasteiger partial charge in [0.25, 0.3) is 0 Å². The minimum Gasteiger partial charge on any atom is -0.355 e. The number of nitrogens with zero attached hydrogens (tertiary/aromatic N) is 1. The lowest BCUT2D eigenvalue weighted by Crippen LogP contribution is -1.99. The molecular formula is C15H12FN3O. The van der Waals surface area contributed by atoms with Crippen LogP contribution < -0.4 is 5.32 Å². The Labute approximate surface area is 114 Å². The number of carbonyl (C=O) groups is 1. The van der Waals surface area contributed by atoms with Crippen LogP contribution in [0.1, 0.15) is 17.3 Å². The van der Waals surface area contributed by atoms with Crippen LogP contribution in [0.3, 0.4) is 0 Å². The summed E-state index contributed by atoms with van der Waals surface area (Å²) in [7, 11) is 0. The first-order chi connectivity index (χ1) is 9.63. The molecule has 1 heterocycles. The predicted molar refractivity (Wildman–Crippen MR) is 75.8 cm³/mol. The van der Waals surface area contributed by atoms with E-state index < -0.39 is 5.82 Å². The van der Waals surface area contributed by atoms with Gasteiger partial charge in [-0.05, 0) is 43.3 Å². The van der Waals surface area contributed by atoms with Crippen molar-refractivity contribution in [2.75, 3.05) is 5.32 Å². The number of fused-ring (bicyclic) bond motifs is 1. The second-order valence-corrected chi connectivity index (χ2v) is 4.55. The van der Waals surface area contributed by atoms with E-state index in [0.29, 0.717) is 5.69 Å². The Bertz CT molecular complexity index is 795. The van der Waals surface area contributed by atoms with Gasteiger partial charge in [-0.1, -0.05) is 0 Å². The van der Waals surface area contributed by atoms with Crippen molar-refractivity contribution in [2.45, 2.75) is 6.92 Å². The Kier molecular flexibility index (Phi) is 2.95. The fraction of sp³-hybridized carbons (Fsp3) is 0.0667. The average Bonchev–Trinajstić information content (AvgIpc) is 2.88. The normalized spacial score (nSPS) is 10.7. The molecule has 2 N–H and O–H groups in total. The molecule has 0 fully saturated rings. The topological polar surface area (TPSA) is 57.8 Å². The smallest absolute Gasteiger partial charge is 0.162 e. The molecule has 2 aromatic carbocycles. The van der Waals surface area contributed by atoms with Crippen molar-refractivity contribution >= 4 is 28.1 Å². The second-order valence-electron chi connectivity index (χ2n) is 4.55. The van der Waals surface area contributed by atoms with E-state index >= 15 is 0 Å². The van der Waals surface area contributed by atoms with Crippen LogP contribution in [0.25, 0.3) is 10.9 Å². The third-order valence-electron chi connectivity index (χ3n) is 3.08. The van der Waals surface area contributed by atoms with Gasteiger partial charge >= 0.3 is 0 Å². The summed E-state index contributed by atoms with van der Waals surface area (Å²) in [6.07, 6.45) is 1.74. The summed E-state index contributed by atoms with van der Waals surface area (Å²) in [4.78, 5) is 11.3. The fourth-order valence-corrected chi connectivity index (χ4v) is 2.05. The number of aromatic nitrogens is 2. The van der Waals surface area contributed by atoms with Crippen LogP contribution in [0.15, 0.2) is 42.6 Å². The van der Waals surface area contributed by atoms with E-state index in [-0.39, 0.29) is 11.3 Å². The summed E-state index contributed by atoms with van der Waals surface area (Å²) in [6, 6.07) is 10.1. The van der Waals surface area contributed by atoms with Gasteiger partial charge in [-0.3, -0.25) is 9.89 Å². The molecule has 0 amide bonds. The number of H-pyrrole nitrogens is 1. The van der Waals surface area contributed by atoms with Crippen LogP contribution in [-0.4, -0.2) is 16.0 Å². The number of Topliss-reactive ketones (excluding diaryl/α,β-unsaturated/α-hetero) is 1. The summed E-state index contributed by atoms with van der Waals surface area (Å²) in [5.41, 5.74) is 2.49. The van der Waals surface area contributed by atoms with Crippen LogP contribution in [-0.2, 0) is 0 Å². The molecule has 0 aliphatic carbocycles. The maximum atomic E-state index is 13.5. The van der Waals surface area contributed by atoms with Crippen molar-refractivity contribution in [2.24, 2.45) is 0 Å². The van der Waals surface area contributed by atoms with Crippen molar-refractivity contribution in [3.63, 3.8) is 0 Å². The van der Waals surface area contributed by atoms with Gasteiger partial charge < -0.3 is 5.32 Å². The number of benzene rings is 2. The summed E-state index contributed by atoms with van der Waals surface area (Å²) in [5.74, 6) is -0.803. The highest BCUT2D eigenvalue weighted by Gasteiger charge is 2.08. The zero-order valence-corrected chi connectivity index (χ0v) is 10.8. The van der Waals surface area contributed by atoms with E-state index in [2.05, 4.69) is 15.5 Å². The van der Waals surface area contributed by atoms with Crippen molar-refractivity contribution < 1.29 is 9.18 Å². The molecule has 0 atom stereocenters. The van der Waals surface area contributed by atoms with Crippen molar-refractivity contribution in [1.29, 1.82) is 0 Å². The van der Waals surface area contributed by atoms with Crippen molar-refractivity contribution in [3.05, 3.63) is 54.0 Å². The molecule has 5 heteroatoms. The van der Waals surface area contributed by atoms with E-state index in [9.17, 15) is 9.18 Å². The molecule has 4 nitrogen and oxygen atoms in total. The number of hydrogen-bond donors (Lipinski definition) is 2. The molecule has 0 bridgehead atoms. The van der Waals surface area contributed by atoms with E-state index in [1.165, 1.54) is 19.1 Å². The predicted octanol–water partition coefficient (Wildman–Crippen LogP) is 3.65. The summed E-state index contributed by atoms with van der Waals surface area (Å²) < 4.78 is 13.5.